The third-order valence-electron chi connectivity index (χ3n) is 2.66. The average Bonchev–Trinajstić information content (AvgIpc) is 3.25. The van der Waals surface area contributed by atoms with Gasteiger partial charge in [0, 0.05) is 6.61 Å². The Labute approximate surface area is 116 Å². The minimum atomic E-state index is -0.800. The summed E-state index contributed by atoms with van der Waals surface area (Å²) < 4.78 is 16.0. The maximum absolute atomic E-state index is 9.91. The molecule has 0 bridgehead atoms. The van der Waals surface area contributed by atoms with E-state index in [0.29, 0.717) is 26.2 Å². The molecule has 2 rings (SSSR count). The minimum Gasteiger partial charge on any atom is -0.491 e. The van der Waals surface area contributed by atoms with E-state index in [1.54, 1.807) is 0 Å². The molecular formula is C13H17NO6. The number of hydrogen-bond donors (Lipinski definition) is 0. The summed E-state index contributed by atoms with van der Waals surface area (Å²) in [6, 6.07) is 7.63. The maximum Gasteiger partial charge on any atom is 0.294 e. The Kier molecular flexibility index (Phi) is 5.57. The van der Waals surface area contributed by atoms with E-state index >= 15 is 0 Å². The number of benzene rings is 1. The summed E-state index contributed by atoms with van der Waals surface area (Å²) in [5.41, 5.74) is 1.02. The Morgan fingerprint density at radius 2 is 2.05 bits per heavy atom. The molecule has 1 fully saturated rings. The van der Waals surface area contributed by atoms with Crippen molar-refractivity contribution in [3.63, 3.8) is 0 Å². The summed E-state index contributed by atoms with van der Waals surface area (Å²) in [6.45, 7) is 2.32. The van der Waals surface area contributed by atoms with Crippen LogP contribution in [0.5, 0.6) is 5.75 Å². The Morgan fingerprint density at radius 3 is 2.70 bits per heavy atom. The summed E-state index contributed by atoms with van der Waals surface area (Å²) in [5, 5.41) is 9.11. The molecule has 7 nitrogen and oxygen atoms in total. The topological polar surface area (TPSA) is 83.4 Å². The standard InChI is InChI=1S/C13H17NO6/c15-14(16)20-7-1-6-17-8-11-2-4-12(5-3-11)18-9-13-10-19-13/h2-5,13H,1,6-10H2. The van der Waals surface area contributed by atoms with Gasteiger partial charge in [-0.2, -0.15) is 0 Å². The molecule has 1 saturated heterocycles. The largest absolute Gasteiger partial charge is 0.491 e. The van der Waals surface area contributed by atoms with Gasteiger partial charge in [-0.3, -0.25) is 0 Å². The van der Waals surface area contributed by atoms with Gasteiger partial charge in [0.1, 0.15) is 18.5 Å². The molecule has 1 aromatic rings. The van der Waals surface area contributed by atoms with Gasteiger partial charge in [0.15, 0.2) is 0 Å². The molecular weight excluding hydrogens is 266 g/mol. The minimum absolute atomic E-state index is 0.0585. The first-order valence-electron chi connectivity index (χ1n) is 6.42. The van der Waals surface area contributed by atoms with Crippen LogP contribution in [0.1, 0.15) is 12.0 Å². The third-order valence-corrected chi connectivity index (χ3v) is 2.66. The molecule has 110 valence electrons. The lowest BCUT2D eigenvalue weighted by Crippen LogP contribution is -2.05. The second-order valence-corrected chi connectivity index (χ2v) is 4.37. The van der Waals surface area contributed by atoms with Crippen LogP contribution in [0, 0.1) is 10.1 Å². The highest BCUT2D eigenvalue weighted by Gasteiger charge is 2.22. The summed E-state index contributed by atoms with van der Waals surface area (Å²) in [5.74, 6) is 0.809. The zero-order chi connectivity index (χ0) is 14.2. The van der Waals surface area contributed by atoms with E-state index in [0.717, 1.165) is 17.9 Å². The fraction of sp³-hybridized carbons (Fsp3) is 0.538. The second-order valence-electron chi connectivity index (χ2n) is 4.37. The van der Waals surface area contributed by atoms with E-state index in [9.17, 15) is 10.1 Å². The van der Waals surface area contributed by atoms with E-state index < -0.39 is 5.09 Å². The number of epoxide rings is 1. The van der Waals surface area contributed by atoms with Crippen molar-refractivity contribution in [2.75, 3.05) is 26.4 Å². The average molecular weight is 283 g/mol. The highest BCUT2D eigenvalue weighted by molar-refractivity contribution is 5.26. The van der Waals surface area contributed by atoms with Gasteiger partial charge >= 0.3 is 0 Å². The van der Waals surface area contributed by atoms with Crippen molar-refractivity contribution in [3.8, 4) is 5.75 Å². The van der Waals surface area contributed by atoms with Gasteiger partial charge < -0.3 is 19.0 Å². The quantitative estimate of drug-likeness (QED) is 0.280. The molecule has 1 aromatic carbocycles. The lowest BCUT2D eigenvalue weighted by Gasteiger charge is -2.06. The zero-order valence-electron chi connectivity index (χ0n) is 11.0. The van der Waals surface area contributed by atoms with Crippen molar-refractivity contribution in [1.82, 2.24) is 0 Å². The monoisotopic (exact) mass is 283 g/mol. The predicted octanol–water partition coefficient (Wildman–Crippen LogP) is 1.58. The van der Waals surface area contributed by atoms with E-state index in [1.807, 2.05) is 24.3 Å². The first-order chi connectivity index (χ1) is 9.74. The smallest absolute Gasteiger partial charge is 0.294 e. The molecule has 1 heterocycles. The maximum atomic E-state index is 9.91. The van der Waals surface area contributed by atoms with Crippen LogP contribution < -0.4 is 4.74 Å². The van der Waals surface area contributed by atoms with Crippen LogP contribution in [-0.4, -0.2) is 37.6 Å². The van der Waals surface area contributed by atoms with Crippen LogP contribution >= 0.6 is 0 Å². The van der Waals surface area contributed by atoms with Crippen molar-refractivity contribution in [1.29, 1.82) is 0 Å². The molecule has 0 radical (unpaired) electrons. The highest BCUT2D eigenvalue weighted by Crippen LogP contribution is 2.16. The summed E-state index contributed by atoms with van der Waals surface area (Å²) >= 11 is 0. The normalized spacial score (nSPS) is 16.7. The van der Waals surface area contributed by atoms with Gasteiger partial charge in [-0.05, 0) is 24.1 Å². The molecule has 0 spiro atoms. The number of hydrogen-bond acceptors (Lipinski definition) is 6. The van der Waals surface area contributed by atoms with Crippen molar-refractivity contribution in [2.24, 2.45) is 0 Å². The van der Waals surface area contributed by atoms with Gasteiger partial charge in [-0.15, -0.1) is 10.1 Å². The van der Waals surface area contributed by atoms with Crippen LogP contribution in [-0.2, 0) is 20.9 Å². The second kappa shape index (κ2) is 7.66. The van der Waals surface area contributed by atoms with Gasteiger partial charge in [0.05, 0.1) is 19.8 Å². The van der Waals surface area contributed by atoms with Gasteiger partial charge in [0.25, 0.3) is 5.09 Å². The molecule has 0 amide bonds. The fourth-order valence-electron chi connectivity index (χ4n) is 1.53. The Bertz CT molecular complexity index is 417. The molecule has 1 atom stereocenters. The third kappa shape index (κ3) is 5.85. The van der Waals surface area contributed by atoms with E-state index in [-0.39, 0.29) is 12.7 Å². The molecule has 1 aliphatic rings. The fourth-order valence-corrected chi connectivity index (χ4v) is 1.53. The van der Waals surface area contributed by atoms with E-state index in [2.05, 4.69) is 4.84 Å². The predicted molar refractivity (Wildman–Crippen MR) is 68.9 cm³/mol. The first kappa shape index (κ1) is 14.5. The van der Waals surface area contributed by atoms with Gasteiger partial charge in [0.2, 0.25) is 0 Å². The molecule has 0 aromatic heterocycles. The van der Waals surface area contributed by atoms with Gasteiger partial charge in [-0.1, -0.05) is 12.1 Å². The van der Waals surface area contributed by atoms with Gasteiger partial charge in [-0.25, -0.2) is 0 Å². The lowest BCUT2D eigenvalue weighted by atomic mass is 10.2. The highest BCUT2D eigenvalue weighted by atomic mass is 16.9. The van der Waals surface area contributed by atoms with Crippen LogP contribution in [0.3, 0.4) is 0 Å². The van der Waals surface area contributed by atoms with Crippen LogP contribution in [0.15, 0.2) is 24.3 Å². The molecule has 0 N–H and O–H groups in total. The van der Waals surface area contributed by atoms with E-state index in [4.69, 9.17) is 14.2 Å². The summed E-state index contributed by atoms with van der Waals surface area (Å²) in [4.78, 5) is 14.1. The summed E-state index contributed by atoms with van der Waals surface area (Å²) in [6.07, 6.45) is 0.739. The van der Waals surface area contributed by atoms with Crippen molar-refractivity contribution in [3.05, 3.63) is 39.9 Å². The van der Waals surface area contributed by atoms with E-state index in [1.165, 1.54) is 0 Å². The zero-order valence-corrected chi connectivity index (χ0v) is 11.0. The van der Waals surface area contributed by atoms with Crippen molar-refractivity contribution >= 4 is 0 Å². The van der Waals surface area contributed by atoms with Crippen LogP contribution in [0.25, 0.3) is 0 Å². The first-order valence-corrected chi connectivity index (χ1v) is 6.42. The number of ether oxygens (including phenoxy) is 3. The Balaban J connectivity index is 1.57. The molecule has 20 heavy (non-hydrogen) atoms. The number of nitrogens with zero attached hydrogens (tertiary/aromatic N) is 1. The Morgan fingerprint density at radius 1 is 1.30 bits per heavy atom. The molecule has 0 aliphatic carbocycles. The molecule has 1 aliphatic heterocycles. The lowest BCUT2D eigenvalue weighted by molar-refractivity contribution is -0.757. The van der Waals surface area contributed by atoms with Crippen LogP contribution in [0.2, 0.25) is 0 Å². The molecule has 1 unspecified atom stereocenters. The van der Waals surface area contributed by atoms with Crippen LogP contribution in [0.4, 0.5) is 0 Å². The molecule has 7 heteroatoms. The molecule has 0 saturated carbocycles. The van der Waals surface area contributed by atoms with Crippen molar-refractivity contribution < 1.29 is 24.1 Å². The van der Waals surface area contributed by atoms with Crippen molar-refractivity contribution in [2.45, 2.75) is 19.1 Å². The Hall–Kier alpha value is -1.86. The SMILES string of the molecule is O=[N+]([O-])OCCCOCc1ccc(OCC2CO2)cc1. The number of rotatable bonds is 10. The summed E-state index contributed by atoms with van der Waals surface area (Å²) in [7, 11) is 0.